The molecule has 0 bridgehead atoms. The summed E-state index contributed by atoms with van der Waals surface area (Å²) in [6.07, 6.45) is 1.20. The Hall–Kier alpha value is -2.10. The summed E-state index contributed by atoms with van der Waals surface area (Å²) in [5, 5.41) is 2.63. The first-order chi connectivity index (χ1) is 7.61. The van der Waals surface area contributed by atoms with Crippen molar-refractivity contribution in [1.29, 1.82) is 0 Å². The van der Waals surface area contributed by atoms with E-state index in [1.807, 2.05) is 6.07 Å². The number of hydrogen-bond acceptors (Lipinski definition) is 2. The summed E-state index contributed by atoms with van der Waals surface area (Å²) in [5.74, 6) is -0.288. The molecule has 0 aliphatic carbocycles. The highest BCUT2D eigenvalue weighted by atomic mass is 16.2. The van der Waals surface area contributed by atoms with Gasteiger partial charge in [-0.15, -0.1) is 0 Å². The number of benzene rings is 1. The summed E-state index contributed by atoms with van der Waals surface area (Å²) in [4.78, 5) is 24.4. The lowest BCUT2D eigenvalue weighted by Crippen LogP contribution is -2.17. The van der Waals surface area contributed by atoms with Gasteiger partial charge in [-0.05, 0) is 23.8 Å². The fourth-order valence-electron chi connectivity index (χ4n) is 1.72. The fourth-order valence-corrected chi connectivity index (χ4v) is 1.72. The van der Waals surface area contributed by atoms with Crippen LogP contribution < -0.4 is 5.32 Å². The third kappa shape index (κ3) is 1.69. The van der Waals surface area contributed by atoms with Crippen molar-refractivity contribution in [1.82, 2.24) is 4.90 Å². The average molecular weight is 216 g/mol. The molecule has 1 aromatic carbocycles. The summed E-state index contributed by atoms with van der Waals surface area (Å²) >= 11 is 0. The van der Waals surface area contributed by atoms with Gasteiger partial charge in [-0.2, -0.15) is 0 Å². The summed E-state index contributed by atoms with van der Waals surface area (Å²) in [6.45, 7) is 4.00. The number of nitrogens with one attached hydrogen (secondary N) is 1. The monoisotopic (exact) mass is 216 g/mol. The van der Waals surface area contributed by atoms with Crippen LogP contribution in [0.1, 0.15) is 15.9 Å². The molecule has 4 heteroatoms. The van der Waals surface area contributed by atoms with Gasteiger partial charge in [-0.25, -0.2) is 0 Å². The Bertz CT molecular complexity index is 480. The maximum Gasteiger partial charge on any atom is 0.254 e. The zero-order valence-corrected chi connectivity index (χ0v) is 8.99. The van der Waals surface area contributed by atoms with Crippen molar-refractivity contribution >= 4 is 17.5 Å². The van der Waals surface area contributed by atoms with E-state index in [2.05, 4.69) is 11.9 Å². The molecular formula is C12H12N2O2. The van der Waals surface area contributed by atoms with Crippen LogP contribution in [0.5, 0.6) is 0 Å². The van der Waals surface area contributed by atoms with E-state index in [9.17, 15) is 9.59 Å². The molecular weight excluding hydrogens is 204 g/mol. The number of hydrogen-bond donors (Lipinski definition) is 1. The van der Waals surface area contributed by atoms with Gasteiger partial charge in [0, 0.05) is 24.8 Å². The topological polar surface area (TPSA) is 49.4 Å². The number of amides is 2. The Morgan fingerprint density at radius 1 is 1.56 bits per heavy atom. The van der Waals surface area contributed by atoms with Crippen LogP contribution in [-0.2, 0) is 11.3 Å². The van der Waals surface area contributed by atoms with E-state index >= 15 is 0 Å². The average Bonchev–Trinajstić information content (AvgIpc) is 2.55. The molecule has 82 valence electrons. The zero-order valence-electron chi connectivity index (χ0n) is 8.99. The standard InChI is InChI=1S/C12H12N2O2/c1-3-11(15)13-9-5-4-8-7-14(2)12(16)10(8)6-9/h3-6H,1,7H2,2H3,(H,13,15). The molecule has 0 spiro atoms. The van der Waals surface area contributed by atoms with Crippen LogP contribution in [0.4, 0.5) is 5.69 Å². The third-order valence-electron chi connectivity index (χ3n) is 2.55. The first-order valence-corrected chi connectivity index (χ1v) is 4.93. The lowest BCUT2D eigenvalue weighted by atomic mass is 10.1. The maximum absolute atomic E-state index is 11.7. The van der Waals surface area contributed by atoms with Crippen molar-refractivity contribution in [3.05, 3.63) is 42.0 Å². The van der Waals surface area contributed by atoms with Crippen molar-refractivity contribution < 1.29 is 9.59 Å². The summed E-state index contributed by atoms with van der Waals surface area (Å²) < 4.78 is 0. The molecule has 1 aromatic rings. The predicted octanol–water partition coefficient (Wildman–Crippen LogP) is 1.40. The molecule has 1 aliphatic heterocycles. The largest absolute Gasteiger partial charge is 0.337 e. The first-order valence-electron chi connectivity index (χ1n) is 4.93. The van der Waals surface area contributed by atoms with Crippen LogP contribution in [0, 0.1) is 0 Å². The van der Waals surface area contributed by atoms with Gasteiger partial charge in [0.15, 0.2) is 0 Å². The second-order valence-electron chi connectivity index (χ2n) is 3.73. The van der Waals surface area contributed by atoms with Gasteiger partial charge >= 0.3 is 0 Å². The normalized spacial score (nSPS) is 13.6. The Labute approximate surface area is 93.6 Å². The number of carbonyl (C=O) groups excluding carboxylic acids is 2. The van der Waals surface area contributed by atoms with Crippen molar-refractivity contribution in [3.8, 4) is 0 Å². The third-order valence-corrected chi connectivity index (χ3v) is 2.55. The van der Waals surface area contributed by atoms with E-state index in [0.29, 0.717) is 17.8 Å². The first kappa shape index (κ1) is 10.4. The molecule has 2 amide bonds. The van der Waals surface area contributed by atoms with E-state index in [1.54, 1.807) is 24.1 Å². The Balaban J connectivity index is 2.30. The van der Waals surface area contributed by atoms with E-state index in [1.165, 1.54) is 6.08 Å². The van der Waals surface area contributed by atoms with Crippen LogP contribution in [0.2, 0.25) is 0 Å². The van der Waals surface area contributed by atoms with Gasteiger partial charge in [0.1, 0.15) is 0 Å². The molecule has 1 aliphatic rings. The second kappa shape index (κ2) is 3.81. The Kier molecular flexibility index (Phi) is 2.48. The van der Waals surface area contributed by atoms with Crippen LogP contribution in [0.3, 0.4) is 0 Å². The molecule has 2 rings (SSSR count). The fraction of sp³-hybridized carbons (Fsp3) is 0.167. The Morgan fingerprint density at radius 3 is 3.00 bits per heavy atom. The van der Waals surface area contributed by atoms with Crippen LogP contribution >= 0.6 is 0 Å². The van der Waals surface area contributed by atoms with Gasteiger partial charge in [-0.3, -0.25) is 9.59 Å². The molecule has 0 saturated carbocycles. The van der Waals surface area contributed by atoms with Crippen LogP contribution in [-0.4, -0.2) is 23.8 Å². The van der Waals surface area contributed by atoms with Gasteiger partial charge in [0.2, 0.25) is 5.91 Å². The van der Waals surface area contributed by atoms with Crippen LogP contribution in [0.25, 0.3) is 0 Å². The van der Waals surface area contributed by atoms with Crippen molar-refractivity contribution in [3.63, 3.8) is 0 Å². The number of anilines is 1. The predicted molar refractivity (Wildman–Crippen MR) is 61.1 cm³/mol. The maximum atomic E-state index is 11.7. The highest BCUT2D eigenvalue weighted by molar-refractivity contribution is 6.02. The zero-order chi connectivity index (χ0) is 11.7. The van der Waals surface area contributed by atoms with Crippen molar-refractivity contribution in [2.75, 3.05) is 12.4 Å². The summed E-state index contributed by atoms with van der Waals surface area (Å²) in [6, 6.07) is 5.34. The molecule has 1 N–H and O–H groups in total. The lowest BCUT2D eigenvalue weighted by Gasteiger charge is -2.04. The lowest BCUT2D eigenvalue weighted by molar-refractivity contribution is -0.111. The van der Waals surface area contributed by atoms with Gasteiger partial charge < -0.3 is 10.2 Å². The molecule has 0 radical (unpaired) electrons. The van der Waals surface area contributed by atoms with Crippen molar-refractivity contribution in [2.45, 2.75) is 6.54 Å². The minimum atomic E-state index is -0.279. The number of fused-ring (bicyclic) bond motifs is 1. The summed E-state index contributed by atoms with van der Waals surface area (Å²) in [5.41, 5.74) is 2.26. The molecule has 0 unspecified atom stereocenters. The van der Waals surface area contributed by atoms with Gasteiger partial charge in [0.25, 0.3) is 5.91 Å². The van der Waals surface area contributed by atoms with E-state index in [4.69, 9.17) is 0 Å². The van der Waals surface area contributed by atoms with E-state index in [0.717, 1.165) is 5.56 Å². The molecule has 16 heavy (non-hydrogen) atoms. The number of rotatable bonds is 2. The van der Waals surface area contributed by atoms with Gasteiger partial charge in [-0.1, -0.05) is 12.6 Å². The minimum Gasteiger partial charge on any atom is -0.337 e. The van der Waals surface area contributed by atoms with E-state index in [-0.39, 0.29) is 11.8 Å². The highest BCUT2D eigenvalue weighted by Crippen LogP contribution is 2.24. The minimum absolute atomic E-state index is 0.00954. The Morgan fingerprint density at radius 2 is 2.31 bits per heavy atom. The van der Waals surface area contributed by atoms with Gasteiger partial charge in [0.05, 0.1) is 0 Å². The smallest absolute Gasteiger partial charge is 0.254 e. The molecule has 4 nitrogen and oxygen atoms in total. The number of carbonyl (C=O) groups is 2. The molecule has 0 saturated heterocycles. The molecule has 0 atom stereocenters. The SMILES string of the molecule is C=CC(=O)Nc1ccc2c(c1)C(=O)N(C)C2. The molecule has 0 fully saturated rings. The van der Waals surface area contributed by atoms with Crippen LogP contribution in [0.15, 0.2) is 30.9 Å². The molecule has 0 aromatic heterocycles. The highest BCUT2D eigenvalue weighted by Gasteiger charge is 2.24. The van der Waals surface area contributed by atoms with E-state index < -0.39 is 0 Å². The summed E-state index contributed by atoms with van der Waals surface area (Å²) in [7, 11) is 1.75. The number of nitrogens with zero attached hydrogens (tertiary/aromatic N) is 1. The quantitative estimate of drug-likeness (QED) is 0.759. The molecule has 1 heterocycles. The van der Waals surface area contributed by atoms with Crippen molar-refractivity contribution in [2.24, 2.45) is 0 Å². The second-order valence-corrected chi connectivity index (χ2v) is 3.73.